The fourth-order valence-corrected chi connectivity index (χ4v) is 2.07. The van der Waals surface area contributed by atoms with Gasteiger partial charge in [0.15, 0.2) is 0 Å². The molecule has 1 aromatic heterocycles. The minimum Gasteiger partial charge on any atom is -0.261 e. The molecular formula is C14H13ClFN. The SMILES string of the molecule is CC(c1ccccn1)C(Cl)c1ccccc1F. The molecule has 2 unspecified atom stereocenters. The van der Waals surface area contributed by atoms with Crippen LogP contribution in [0.15, 0.2) is 48.7 Å². The molecule has 2 atom stereocenters. The topological polar surface area (TPSA) is 12.9 Å². The van der Waals surface area contributed by atoms with Crippen molar-refractivity contribution in [3.8, 4) is 0 Å². The lowest BCUT2D eigenvalue weighted by atomic mass is 9.96. The summed E-state index contributed by atoms with van der Waals surface area (Å²) in [6.07, 6.45) is 1.72. The van der Waals surface area contributed by atoms with Crippen molar-refractivity contribution in [2.75, 3.05) is 0 Å². The van der Waals surface area contributed by atoms with Crippen molar-refractivity contribution in [3.63, 3.8) is 0 Å². The zero-order valence-corrected chi connectivity index (χ0v) is 10.2. The largest absolute Gasteiger partial charge is 0.261 e. The molecule has 0 aliphatic heterocycles. The monoisotopic (exact) mass is 249 g/mol. The number of halogens is 2. The first-order valence-electron chi connectivity index (χ1n) is 5.49. The highest BCUT2D eigenvalue weighted by atomic mass is 35.5. The average Bonchev–Trinajstić information content (AvgIpc) is 2.39. The lowest BCUT2D eigenvalue weighted by molar-refractivity contribution is 0.589. The van der Waals surface area contributed by atoms with Gasteiger partial charge in [-0.15, -0.1) is 11.6 Å². The zero-order valence-electron chi connectivity index (χ0n) is 9.48. The van der Waals surface area contributed by atoms with Crippen LogP contribution in [0.25, 0.3) is 0 Å². The molecule has 0 aliphatic rings. The van der Waals surface area contributed by atoms with Crippen LogP contribution in [0.5, 0.6) is 0 Å². The number of alkyl halides is 1. The Morgan fingerprint density at radius 1 is 1.12 bits per heavy atom. The number of pyridine rings is 1. The van der Waals surface area contributed by atoms with E-state index < -0.39 is 5.38 Å². The van der Waals surface area contributed by atoms with Crippen LogP contribution in [-0.2, 0) is 0 Å². The van der Waals surface area contributed by atoms with E-state index in [1.807, 2.05) is 25.1 Å². The van der Waals surface area contributed by atoms with E-state index in [-0.39, 0.29) is 11.7 Å². The van der Waals surface area contributed by atoms with Gasteiger partial charge in [-0.3, -0.25) is 4.98 Å². The Balaban J connectivity index is 2.27. The summed E-state index contributed by atoms with van der Waals surface area (Å²) in [6, 6.07) is 12.3. The van der Waals surface area contributed by atoms with Crippen LogP contribution in [0.3, 0.4) is 0 Å². The molecule has 2 aromatic rings. The van der Waals surface area contributed by atoms with Crippen molar-refractivity contribution < 1.29 is 4.39 Å². The summed E-state index contributed by atoms with van der Waals surface area (Å²) in [6.45, 7) is 1.95. The number of benzene rings is 1. The first kappa shape index (κ1) is 12.1. The summed E-state index contributed by atoms with van der Waals surface area (Å²) in [5, 5.41) is -0.411. The first-order valence-corrected chi connectivity index (χ1v) is 5.93. The van der Waals surface area contributed by atoms with Gasteiger partial charge >= 0.3 is 0 Å². The molecule has 17 heavy (non-hydrogen) atoms. The predicted octanol–water partition coefficient (Wildman–Crippen LogP) is 4.30. The second-order valence-electron chi connectivity index (χ2n) is 3.97. The maximum absolute atomic E-state index is 13.6. The van der Waals surface area contributed by atoms with Gasteiger partial charge in [-0.2, -0.15) is 0 Å². The molecule has 1 aromatic carbocycles. The molecule has 0 saturated heterocycles. The van der Waals surface area contributed by atoms with Crippen LogP contribution in [0.2, 0.25) is 0 Å². The quantitative estimate of drug-likeness (QED) is 0.739. The van der Waals surface area contributed by atoms with E-state index in [2.05, 4.69) is 4.98 Å². The van der Waals surface area contributed by atoms with Crippen LogP contribution < -0.4 is 0 Å². The van der Waals surface area contributed by atoms with Crippen LogP contribution in [0.4, 0.5) is 4.39 Å². The average molecular weight is 250 g/mol. The van der Waals surface area contributed by atoms with Gasteiger partial charge in [-0.1, -0.05) is 31.2 Å². The van der Waals surface area contributed by atoms with Gasteiger partial charge in [0.2, 0.25) is 0 Å². The molecule has 0 radical (unpaired) electrons. The van der Waals surface area contributed by atoms with Gasteiger partial charge < -0.3 is 0 Å². The normalized spacial score (nSPS) is 14.3. The Kier molecular flexibility index (Phi) is 3.75. The molecule has 0 aliphatic carbocycles. The number of rotatable bonds is 3. The van der Waals surface area contributed by atoms with E-state index in [4.69, 9.17) is 11.6 Å². The predicted molar refractivity (Wildman–Crippen MR) is 67.6 cm³/mol. The van der Waals surface area contributed by atoms with Crippen molar-refractivity contribution in [1.29, 1.82) is 0 Å². The van der Waals surface area contributed by atoms with Gasteiger partial charge in [0.25, 0.3) is 0 Å². The standard InChI is InChI=1S/C14H13ClFN/c1-10(13-8-4-5-9-17-13)14(15)11-6-2-3-7-12(11)16/h2-10,14H,1H3. The minimum atomic E-state index is -0.411. The maximum atomic E-state index is 13.6. The van der Waals surface area contributed by atoms with Crippen molar-refractivity contribution in [1.82, 2.24) is 4.98 Å². The fourth-order valence-electron chi connectivity index (χ4n) is 1.76. The molecule has 0 bridgehead atoms. The lowest BCUT2D eigenvalue weighted by Gasteiger charge is -2.18. The van der Waals surface area contributed by atoms with Crippen molar-refractivity contribution >= 4 is 11.6 Å². The molecule has 1 nitrogen and oxygen atoms in total. The summed E-state index contributed by atoms with van der Waals surface area (Å²) in [5.41, 5.74) is 1.39. The summed E-state index contributed by atoms with van der Waals surface area (Å²) in [5.74, 6) is -0.301. The third-order valence-electron chi connectivity index (χ3n) is 2.80. The Bertz CT molecular complexity index is 487. The summed E-state index contributed by atoms with van der Waals surface area (Å²) in [4.78, 5) is 4.25. The summed E-state index contributed by atoms with van der Waals surface area (Å²) >= 11 is 6.32. The second kappa shape index (κ2) is 5.28. The van der Waals surface area contributed by atoms with E-state index in [9.17, 15) is 4.39 Å². The minimum absolute atomic E-state index is 0.0326. The van der Waals surface area contributed by atoms with Crippen LogP contribution in [-0.4, -0.2) is 4.98 Å². The van der Waals surface area contributed by atoms with Crippen LogP contribution in [0.1, 0.15) is 29.5 Å². The summed E-state index contributed by atoms with van der Waals surface area (Å²) in [7, 11) is 0. The molecule has 0 N–H and O–H groups in total. The number of hydrogen-bond donors (Lipinski definition) is 0. The van der Waals surface area contributed by atoms with Crippen molar-refractivity contribution in [2.45, 2.75) is 18.2 Å². The highest BCUT2D eigenvalue weighted by Gasteiger charge is 2.21. The van der Waals surface area contributed by atoms with E-state index in [0.29, 0.717) is 5.56 Å². The highest BCUT2D eigenvalue weighted by Crippen LogP contribution is 2.36. The van der Waals surface area contributed by atoms with Gasteiger partial charge in [0, 0.05) is 23.4 Å². The maximum Gasteiger partial charge on any atom is 0.127 e. The van der Waals surface area contributed by atoms with Gasteiger partial charge in [-0.05, 0) is 18.2 Å². The fraction of sp³-hybridized carbons (Fsp3) is 0.214. The second-order valence-corrected chi connectivity index (χ2v) is 4.44. The van der Waals surface area contributed by atoms with E-state index >= 15 is 0 Å². The van der Waals surface area contributed by atoms with Crippen molar-refractivity contribution in [3.05, 3.63) is 65.7 Å². The molecule has 3 heteroatoms. The van der Waals surface area contributed by atoms with Gasteiger partial charge in [0.1, 0.15) is 5.82 Å². The first-order chi connectivity index (χ1) is 8.20. The Labute approximate surface area is 105 Å². The van der Waals surface area contributed by atoms with Crippen molar-refractivity contribution in [2.24, 2.45) is 0 Å². The lowest BCUT2D eigenvalue weighted by Crippen LogP contribution is -2.06. The molecule has 0 amide bonds. The third-order valence-corrected chi connectivity index (χ3v) is 3.41. The molecule has 88 valence electrons. The molecular weight excluding hydrogens is 237 g/mol. The van der Waals surface area contributed by atoms with Gasteiger partial charge in [0.05, 0.1) is 5.38 Å². The van der Waals surface area contributed by atoms with E-state index in [1.54, 1.807) is 24.4 Å². The molecule has 1 heterocycles. The van der Waals surface area contributed by atoms with E-state index in [1.165, 1.54) is 6.07 Å². The smallest absolute Gasteiger partial charge is 0.127 e. The van der Waals surface area contributed by atoms with Crippen LogP contribution >= 0.6 is 11.6 Å². The number of aromatic nitrogens is 1. The Hall–Kier alpha value is -1.41. The zero-order chi connectivity index (χ0) is 12.3. The van der Waals surface area contributed by atoms with Crippen LogP contribution in [0, 0.1) is 5.82 Å². The third kappa shape index (κ3) is 2.64. The summed E-state index contributed by atoms with van der Waals surface area (Å²) < 4.78 is 13.6. The van der Waals surface area contributed by atoms with Gasteiger partial charge in [-0.25, -0.2) is 4.39 Å². The Morgan fingerprint density at radius 3 is 2.47 bits per heavy atom. The number of nitrogens with zero attached hydrogens (tertiary/aromatic N) is 1. The van der Waals surface area contributed by atoms with E-state index in [0.717, 1.165) is 5.69 Å². The molecule has 0 saturated carbocycles. The molecule has 0 spiro atoms. The Morgan fingerprint density at radius 2 is 1.82 bits per heavy atom. The molecule has 0 fully saturated rings. The number of hydrogen-bond acceptors (Lipinski definition) is 1. The highest BCUT2D eigenvalue weighted by molar-refractivity contribution is 6.21. The molecule has 2 rings (SSSR count).